The van der Waals surface area contributed by atoms with Crippen molar-refractivity contribution in [2.24, 2.45) is 0 Å². The average Bonchev–Trinajstić information content (AvgIpc) is 2.80. The summed E-state index contributed by atoms with van der Waals surface area (Å²) in [5.41, 5.74) is 5.72. The number of hydrogen-bond donors (Lipinski definition) is 2. The number of aliphatic hydroxyl groups is 1. The van der Waals surface area contributed by atoms with E-state index < -0.39 is 11.9 Å². The van der Waals surface area contributed by atoms with Crippen LogP contribution >= 0.6 is 0 Å². The van der Waals surface area contributed by atoms with Crippen LogP contribution in [0.4, 0.5) is 0 Å². The normalized spacial score (nSPS) is 19.7. The number of carbonyl (C=O) groups is 1. The minimum absolute atomic E-state index is 0.146. The first kappa shape index (κ1) is 23.7. The zero-order valence-corrected chi connectivity index (χ0v) is 19.9. The molecule has 2 atom stereocenters. The second-order valence-electron chi connectivity index (χ2n) is 9.43. The van der Waals surface area contributed by atoms with Crippen molar-refractivity contribution in [2.75, 3.05) is 13.2 Å². The fourth-order valence-electron chi connectivity index (χ4n) is 4.58. The predicted molar refractivity (Wildman–Crippen MR) is 126 cm³/mol. The van der Waals surface area contributed by atoms with Crippen LogP contribution in [0.2, 0.25) is 0 Å². The van der Waals surface area contributed by atoms with Crippen LogP contribution in [0.3, 0.4) is 0 Å². The van der Waals surface area contributed by atoms with Crippen LogP contribution in [0.1, 0.15) is 67.5 Å². The number of hydrogen-bond acceptors (Lipinski definition) is 6. The molecule has 0 radical (unpaired) electrons. The molecule has 0 saturated carbocycles. The molecule has 0 unspecified atom stereocenters. The fourth-order valence-corrected chi connectivity index (χ4v) is 4.58. The van der Waals surface area contributed by atoms with Crippen molar-refractivity contribution in [1.29, 1.82) is 0 Å². The number of rotatable bonds is 8. The topological polar surface area (TPSA) is 77.0 Å². The van der Waals surface area contributed by atoms with Crippen molar-refractivity contribution in [1.82, 2.24) is 5.32 Å². The number of carbonyl (C=O) groups excluding carboxylic acids is 1. The molecule has 0 aromatic heterocycles. The van der Waals surface area contributed by atoms with Gasteiger partial charge in [-0.25, -0.2) is 0 Å². The lowest BCUT2D eigenvalue weighted by atomic mass is 9.86. The van der Waals surface area contributed by atoms with Crippen molar-refractivity contribution >= 4 is 5.97 Å². The van der Waals surface area contributed by atoms with E-state index in [1.54, 1.807) is 0 Å². The fraction of sp³-hybridized carbons (Fsp3) is 0.519. The largest absolute Gasteiger partial charge is 0.466 e. The van der Waals surface area contributed by atoms with Crippen molar-refractivity contribution in [2.45, 2.75) is 77.4 Å². The van der Waals surface area contributed by atoms with Gasteiger partial charge < -0.3 is 24.6 Å². The number of aryl methyl sites for hydroxylation is 2. The van der Waals surface area contributed by atoms with Gasteiger partial charge in [0.25, 0.3) is 0 Å². The number of benzene rings is 2. The smallest absolute Gasteiger partial charge is 0.306 e. The summed E-state index contributed by atoms with van der Waals surface area (Å²) < 4.78 is 16.6. The molecule has 0 bridgehead atoms. The molecule has 2 aliphatic rings. The lowest BCUT2D eigenvalue weighted by molar-refractivity contribution is -0.180. The molecule has 6 nitrogen and oxygen atoms in total. The van der Waals surface area contributed by atoms with Crippen LogP contribution in [0.25, 0.3) is 0 Å². The van der Waals surface area contributed by atoms with Gasteiger partial charge in [-0.05, 0) is 67.0 Å². The van der Waals surface area contributed by atoms with Gasteiger partial charge in [0.05, 0.1) is 19.3 Å². The van der Waals surface area contributed by atoms with Gasteiger partial charge in [0.2, 0.25) is 5.79 Å². The molecule has 2 aromatic rings. The third-order valence-corrected chi connectivity index (χ3v) is 6.42. The van der Waals surface area contributed by atoms with Gasteiger partial charge in [0.1, 0.15) is 5.75 Å². The highest BCUT2D eigenvalue weighted by Crippen LogP contribution is 2.33. The third kappa shape index (κ3) is 6.14. The Morgan fingerprint density at radius 3 is 2.88 bits per heavy atom. The van der Waals surface area contributed by atoms with E-state index in [9.17, 15) is 9.90 Å². The quantitative estimate of drug-likeness (QED) is 0.588. The molecule has 178 valence electrons. The summed E-state index contributed by atoms with van der Waals surface area (Å²) in [6, 6.07) is 12.7. The van der Waals surface area contributed by atoms with Crippen LogP contribution in [0, 0.1) is 0 Å². The molecule has 2 N–H and O–H groups in total. The summed E-state index contributed by atoms with van der Waals surface area (Å²) in [5.74, 6) is 0.0514. The first-order valence-electron chi connectivity index (χ1n) is 12.0. The molecule has 1 aliphatic heterocycles. The second-order valence-corrected chi connectivity index (χ2v) is 9.43. The molecule has 33 heavy (non-hydrogen) atoms. The SMILES string of the molecule is CCOC(=O)CCc1ccc2c(c1)C[C@@H](NC[C@@H](O)c1ccc3c(c1)COC(C)(C)O3)CC2. The molecule has 6 heteroatoms. The van der Waals surface area contributed by atoms with Gasteiger partial charge in [-0.1, -0.05) is 24.3 Å². The molecule has 0 spiro atoms. The summed E-state index contributed by atoms with van der Waals surface area (Å²) in [5, 5.41) is 14.3. The summed E-state index contributed by atoms with van der Waals surface area (Å²) >= 11 is 0. The second kappa shape index (κ2) is 10.2. The average molecular weight is 454 g/mol. The summed E-state index contributed by atoms with van der Waals surface area (Å²) in [6.07, 6.45) is 3.51. The standard InChI is InChI=1S/C27H35NO5/c1-4-31-26(30)12-6-18-5-7-19-8-10-23(15-21(19)13-18)28-16-24(29)20-9-11-25-22(14-20)17-32-27(2,3)33-25/h5,7,9,11,13-14,23-24,28-29H,4,6,8,10,12,15-17H2,1-3H3/t23-,24+/m0/s1. The first-order valence-corrected chi connectivity index (χ1v) is 12.0. The Kier molecular flexibility index (Phi) is 7.37. The number of esters is 1. The van der Waals surface area contributed by atoms with E-state index >= 15 is 0 Å². The van der Waals surface area contributed by atoms with Crippen LogP contribution in [-0.2, 0) is 40.1 Å². The van der Waals surface area contributed by atoms with Crippen LogP contribution < -0.4 is 10.1 Å². The van der Waals surface area contributed by atoms with Crippen LogP contribution in [0.5, 0.6) is 5.75 Å². The molecular formula is C27H35NO5. The molecule has 2 aromatic carbocycles. The Hall–Kier alpha value is -2.41. The van der Waals surface area contributed by atoms with E-state index in [1.165, 1.54) is 16.7 Å². The van der Waals surface area contributed by atoms with Crippen LogP contribution in [0.15, 0.2) is 36.4 Å². The van der Waals surface area contributed by atoms with Crippen LogP contribution in [-0.4, -0.2) is 36.1 Å². The number of fused-ring (bicyclic) bond motifs is 2. The third-order valence-electron chi connectivity index (χ3n) is 6.42. The first-order chi connectivity index (χ1) is 15.8. The van der Waals surface area contributed by atoms with Gasteiger partial charge >= 0.3 is 5.97 Å². The molecular weight excluding hydrogens is 418 g/mol. The molecule has 0 amide bonds. The number of ether oxygens (including phenoxy) is 3. The molecule has 1 aliphatic carbocycles. The highest BCUT2D eigenvalue weighted by Gasteiger charge is 2.28. The monoisotopic (exact) mass is 453 g/mol. The molecule has 0 saturated heterocycles. The maximum Gasteiger partial charge on any atom is 0.306 e. The van der Waals surface area contributed by atoms with Gasteiger partial charge in [-0.3, -0.25) is 4.79 Å². The number of nitrogens with one attached hydrogen (secondary N) is 1. The number of aliphatic hydroxyl groups excluding tert-OH is 1. The van der Waals surface area contributed by atoms with E-state index in [-0.39, 0.29) is 5.97 Å². The van der Waals surface area contributed by atoms with E-state index in [0.29, 0.717) is 38.6 Å². The zero-order valence-electron chi connectivity index (χ0n) is 19.9. The van der Waals surface area contributed by atoms with Gasteiger partial charge in [-0.2, -0.15) is 0 Å². The van der Waals surface area contributed by atoms with Crippen molar-refractivity contribution in [3.8, 4) is 5.75 Å². The molecule has 1 heterocycles. The minimum atomic E-state index is -0.620. The summed E-state index contributed by atoms with van der Waals surface area (Å²) in [7, 11) is 0. The Balaban J connectivity index is 1.31. The highest BCUT2D eigenvalue weighted by atomic mass is 16.7. The van der Waals surface area contributed by atoms with E-state index in [4.69, 9.17) is 14.2 Å². The van der Waals surface area contributed by atoms with Gasteiger partial charge in [0.15, 0.2) is 0 Å². The minimum Gasteiger partial charge on any atom is -0.466 e. The maximum atomic E-state index is 11.7. The molecule has 0 fully saturated rings. The Morgan fingerprint density at radius 2 is 2.06 bits per heavy atom. The Morgan fingerprint density at radius 1 is 1.21 bits per heavy atom. The van der Waals surface area contributed by atoms with Crippen molar-refractivity contribution < 1.29 is 24.1 Å². The van der Waals surface area contributed by atoms with Gasteiger partial charge in [-0.15, -0.1) is 0 Å². The Bertz CT molecular complexity index is 986. The van der Waals surface area contributed by atoms with E-state index in [0.717, 1.165) is 36.1 Å². The Labute approximate surface area is 196 Å². The predicted octanol–water partition coefficient (Wildman–Crippen LogP) is 4.01. The highest BCUT2D eigenvalue weighted by molar-refractivity contribution is 5.69. The van der Waals surface area contributed by atoms with E-state index in [1.807, 2.05) is 39.0 Å². The van der Waals surface area contributed by atoms with Gasteiger partial charge in [0, 0.05) is 38.4 Å². The summed E-state index contributed by atoms with van der Waals surface area (Å²) in [6.45, 7) is 7.02. The summed E-state index contributed by atoms with van der Waals surface area (Å²) in [4.78, 5) is 11.7. The maximum absolute atomic E-state index is 11.7. The molecule has 4 rings (SSSR count). The lowest BCUT2D eigenvalue weighted by Crippen LogP contribution is -2.37. The van der Waals surface area contributed by atoms with E-state index in [2.05, 4.69) is 23.5 Å². The lowest BCUT2D eigenvalue weighted by Gasteiger charge is -2.33. The van der Waals surface area contributed by atoms with Crippen molar-refractivity contribution in [3.63, 3.8) is 0 Å². The zero-order chi connectivity index (χ0) is 23.4. The van der Waals surface area contributed by atoms with Crippen molar-refractivity contribution in [3.05, 3.63) is 64.2 Å².